The number of aliphatic hydroxyl groups excluding tert-OH is 2. The summed E-state index contributed by atoms with van der Waals surface area (Å²) in [5.41, 5.74) is 6.31. The predicted molar refractivity (Wildman–Crippen MR) is 103 cm³/mol. The van der Waals surface area contributed by atoms with Crippen LogP contribution in [-0.4, -0.2) is 77.3 Å². The molecule has 0 aliphatic carbocycles. The fourth-order valence-electron chi connectivity index (χ4n) is 2.34. The second-order valence-corrected chi connectivity index (χ2v) is 7.00. The lowest BCUT2D eigenvalue weighted by Gasteiger charge is -2.21. The Hall–Kier alpha value is -2.21. The van der Waals surface area contributed by atoms with Gasteiger partial charge in [-0.15, -0.1) is 0 Å². The van der Waals surface area contributed by atoms with Gasteiger partial charge in [0, 0.05) is 6.20 Å². The van der Waals surface area contributed by atoms with Gasteiger partial charge in [-0.1, -0.05) is 20.8 Å². The minimum atomic E-state index is -1.29. The SMILES string of the molecule is CCC(C(=O)NCC(=O)OC(C)C(=O)NCC(O)OC(N)C(C)C)N1C=C1CO. The van der Waals surface area contributed by atoms with Gasteiger partial charge in [0.05, 0.1) is 18.8 Å². The molecule has 166 valence electrons. The molecule has 0 saturated carbocycles. The van der Waals surface area contributed by atoms with Gasteiger partial charge >= 0.3 is 5.97 Å². The molecule has 29 heavy (non-hydrogen) atoms. The summed E-state index contributed by atoms with van der Waals surface area (Å²) in [4.78, 5) is 37.6. The highest BCUT2D eigenvalue weighted by atomic mass is 16.6. The van der Waals surface area contributed by atoms with Crippen molar-refractivity contribution >= 4 is 17.8 Å². The molecular weight excluding hydrogens is 384 g/mol. The Balaban J connectivity index is 2.30. The van der Waals surface area contributed by atoms with Crippen molar-refractivity contribution in [1.82, 2.24) is 15.5 Å². The quantitative estimate of drug-likeness (QED) is 0.175. The molecule has 4 atom stereocenters. The number of aliphatic hydroxyl groups is 2. The molecule has 0 aromatic carbocycles. The molecule has 0 spiro atoms. The second kappa shape index (κ2) is 11.7. The third-order valence-corrected chi connectivity index (χ3v) is 4.25. The lowest BCUT2D eigenvalue weighted by molar-refractivity contribution is -0.158. The van der Waals surface area contributed by atoms with Crippen LogP contribution in [-0.2, 0) is 23.9 Å². The summed E-state index contributed by atoms with van der Waals surface area (Å²) < 4.78 is 10.1. The van der Waals surface area contributed by atoms with Crippen molar-refractivity contribution in [1.29, 1.82) is 0 Å². The molecule has 11 nitrogen and oxygen atoms in total. The molecule has 11 heteroatoms. The molecule has 0 aromatic rings. The molecule has 0 saturated heterocycles. The Morgan fingerprint density at radius 1 is 1.21 bits per heavy atom. The molecule has 0 radical (unpaired) electrons. The lowest BCUT2D eigenvalue weighted by Crippen LogP contribution is -2.45. The Morgan fingerprint density at radius 2 is 1.86 bits per heavy atom. The van der Waals surface area contributed by atoms with Gasteiger partial charge in [0.1, 0.15) is 18.8 Å². The molecule has 1 heterocycles. The number of ether oxygens (including phenoxy) is 2. The van der Waals surface area contributed by atoms with Crippen molar-refractivity contribution in [3.05, 3.63) is 11.9 Å². The number of carbonyl (C=O) groups excluding carboxylic acids is 3. The zero-order valence-electron chi connectivity index (χ0n) is 17.3. The minimum absolute atomic E-state index is 0.00882. The summed E-state index contributed by atoms with van der Waals surface area (Å²) in [6.45, 7) is 6.05. The zero-order chi connectivity index (χ0) is 22.1. The normalized spacial score (nSPS) is 17.1. The summed E-state index contributed by atoms with van der Waals surface area (Å²) in [6.07, 6.45) is -0.945. The zero-order valence-corrected chi connectivity index (χ0v) is 17.3. The summed E-state index contributed by atoms with van der Waals surface area (Å²) in [6, 6.07) is -0.510. The first-order valence-electron chi connectivity index (χ1n) is 9.54. The lowest BCUT2D eigenvalue weighted by atomic mass is 10.2. The third kappa shape index (κ3) is 8.36. The fraction of sp³-hybridized carbons (Fsp3) is 0.722. The summed E-state index contributed by atoms with van der Waals surface area (Å²) in [5, 5.41) is 23.6. The van der Waals surface area contributed by atoms with E-state index in [0.717, 1.165) is 0 Å². The van der Waals surface area contributed by atoms with Gasteiger partial charge in [-0.25, -0.2) is 0 Å². The molecule has 0 bridgehead atoms. The fourth-order valence-corrected chi connectivity index (χ4v) is 2.34. The number of hydrogen-bond donors (Lipinski definition) is 5. The minimum Gasteiger partial charge on any atom is -0.451 e. The Morgan fingerprint density at radius 3 is 2.38 bits per heavy atom. The van der Waals surface area contributed by atoms with Gasteiger partial charge in [-0.05, 0) is 19.3 Å². The Labute approximate surface area is 170 Å². The smallest absolute Gasteiger partial charge is 0.326 e. The van der Waals surface area contributed by atoms with Crippen molar-refractivity contribution in [2.45, 2.75) is 58.8 Å². The molecule has 1 aliphatic heterocycles. The number of carbonyl (C=O) groups is 3. The van der Waals surface area contributed by atoms with Crippen LogP contribution < -0.4 is 16.4 Å². The Kier molecular flexibility index (Phi) is 10.0. The highest BCUT2D eigenvalue weighted by molar-refractivity contribution is 5.88. The number of nitrogens with two attached hydrogens (primary N) is 1. The van der Waals surface area contributed by atoms with Crippen molar-refractivity contribution in [3.63, 3.8) is 0 Å². The largest absolute Gasteiger partial charge is 0.451 e. The maximum atomic E-state index is 12.1. The first kappa shape index (κ1) is 24.8. The van der Waals surface area contributed by atoms with Gasteiger partial charge in [0.15, 0.2) is 12.4 Å². The molecule has 0 fully saturated rings. The molecule has 4 unspecified atom stereocenters. The number of nitrogens with one attached hydrogen (secondary N) is 2. The van der Waals surface area contributed by atoms with Crippen LogP contribution in [0, 0.1) is 5.92 Å². The molecule has 1 aliphatic rings. The van der Waals surface area contributed by atoms with E-state index in [0.29, 0.717) is 12.1 Å². The van der Waals surface area contributed by atoms with E-state index < -0.39 is 43.1 Å². The number of rotatable bonds is 13. The monoisotopic (exact) mass is 416 g/mol. The van der Waals surface area contributed by atoms with Crippen LogP contribution in [0.15, 0.2) is 11.9 Å². The standard InChI is InChI=1S/C18H32N4O7/c1-5-13(22-8-12(22)9-23)18(27)21-6-14(24)28-11(4)17(26)20-7-15(25)29-16(19)10(2)3/h8,10-11,13,15-16,23,25H,5-7,9,19H2,1-4H3,(H,20,26)(H,21,27). The van der Waals surface area contributed by atoms with E-state index in [9.17, 15) is 19.5 Å². The van der Waals surface area contributed by atoms with Gasteiger partial charge in [0.25, 0.3) is 5.91 Å². The first-order valence-corrected chi connectivity index (χ1v) is 9.54. The molecule has 2 amide bonds. The first-order chi connectivity index (χ1) is 13.6. The molecule has 6 N–H and O–H groups in total. The van der Waals surface area contributed by atoms with Crippen molar-refractivity contribution in [2.24, 2.45) is 11.7 Å². The van der Waals surface area contributed by atoms with E-state index in [2.05, 4.69) is 10.6 Å². The third-order valence-electron chi connectivity index (χ3n) is 4.25. The van der Waals surface area contributed by atoms with Crippen LogP contribution in [0.2, 0.25) is 0 Å². The van der Waals surface area contributed by atoms with Crippen LogP contribution >= 0.6 is 0 Å². The molecule has 1 rings (SSSR count). The maximum absolute atomic E-state index is 12.1. The topological polar surface area (TPSA) is 163 Å². The van der Waals surface area contributed by atoms with E-state index in [1.165, 1.54) is 6.92 Å². The van der Waals surface area contributed by atoms with Crippen molar-refractivity contribution < 1.29 is 34.1 Å². The van der Waals surface area contributed by atoms with Gasteiger partial charge in [0.2, 0.25) is 5.91 Å². The van der Waals surface area contributed by atoms with Crippen LogP contribution in [0.5, 0.6) is 0 Å². The highest BCUT2D eigenvalue weighted by Crippen LogP contribution is 2.25. The number of hydrogen-bond acceptors (Lipinski definition) is 9. The summed E-state index contributed by atoms with van der Waals surface area (Å²) >= 11 is 0. The maximum Gasteiger partial charge on any atom is 0.326 e. The number of esters is 1. The summed E-state index contributed by atoms with van der Waals surface area (Å²) in [7, 11) is 0. The summed E-state index contributed by atoms with van der Waals surface area (Å²) in [5.74, 6) is -1.80. The number of nitrogens with zero attached hydrogens (tertiary/aromatic N) is 1. The second-order valence-electron chi connectivity index (χ2n) is 7.00. The van der Waals surface area contributed by atoms with E-state index in [1.807, 2.05) is 20.8 Å². The van der Waals surface area contributed by atoms with E-state index >= 15 is 0 Å². The predicted octanol–water partition coefficient (Wildman–Crippen LogP) is -1.65. The molecule has 0 aromatic heterocycles. The van der Waals surface area contributed by atoms with E-state index in [1.54, 1.807) is 11.1 Å². The Bertz CT molecular complexity index is 611. The van der Waals surface area contributed by atoms with E-state index in [4.69, 9.17) is 20.3 Å². The average Bonchev–Trinajstić information content (AvgIpc) is 3.44. The van der Waals surface area contributed by atoms with Crippen molar-refractivity contribution in [2.75, 3.05) is 19.7 Å². The molecular formula is C18H32N4O7. The van der Waals surface area contributed by atoms with Gasteiger partial charge in [-0.2, -0.15) is 0 Å². The van der Waals surface area contributed by atoms with Crippen LogP contribution in [0.25, 0.3) is 0 Å². The van der Waals surface area contributed by atoms with Gasteiger partial charge < -0.3 is 41.0 Å². The van der Waals surface area contributed by atoms with E-state index in [-0.39, 0.29) is 25.0 Å². The van der Waals surface area contributed by atoms with Gasteiger partial charge in [-0.3, -0.25) is 14.4 Å². The number of amides is 2. The average molecular weight is 416 g/mol. The van der Waals surface area contributed by atoms with Crippen LogP contribution in [0.1, 0.15) is 34.1 Å². The van der Waals surface area contributed by atoms with Crippen LogP contribution in [0.4, 0.5) is 0 Å². The van der Waals surface area contributed by atoms with Crippen LogP contribution in [0.3, 0.4) is 0 Å². The highest BCUT2D eigenvalue weighted by Gasteiger charge is 2.32. The van der Waals surface area contributed by atoms with Crippen molar-refractivity contribution in [3.8, 4) is 0 Å².